The second-order valence-electron chi connectivity index (χ2n) is 14.4. The summed E-state index contributed by atoms with van der Waals surface area (Å²) < 4.78 is 16.7. The monoisotopic (exact) mass is 613 g/mol. The van der Waals surface area contributed by atoms with E-state index in [2.05, 4.69) is 25.2 Å². The average Bonchev–Trinajstić information content (AvgIpc) is 3.82. The Labute approximate surface area is 262 Å². The van der Waals surface area contributed by atoms with Crippen molar-refractivity contribution in [1.29, 1.82) is 0 Å². The number of morpholine rings is 1. The van der Waals surface area contributed by atoms with Crippen LogP contribution < -0.4 is 5.32 Å². The Hall–Kier alpha value is -2.92. The van der Waals surface area contributed by atoms with E-state index in [4.69, 9.17) is 19.2 Å². The van der Waals surface area contributed by atoms with Gasteiger partial charge in [0.05, 0.1) is 37.0 Å². The van der Waals surface area contributed by atoms with Gasteiger partial charge in [0.2, 0.25) is 5.91 Å². The first-order valence-corrected chi connectivity index (χ1v) is 16.4. The minimum atomic E-state index is -0.682. The van der Waals surface area contributed by atoms with Gasteiger partial charge in [0.1, 0.15) is 5.60 Å². The number of pyridine rings is 1. The summed E-state index contributed by atoms with van der Waals surface area (Å²) in [6.07, 6.45) is 6.12. The first-order chi connectivity index (χ1) is 20.9. The molecule has 11 nitrogen and oxygen atoms in total. The summed E-state index contributed by atoms with van der Waals surface area (Å²) in [7, 11) is 1.73. The van der Waals surface area contributed by atoms with E-state index < -0.39 is 17.6 Å². The molecule has 1 aromatic rings. The summed E-state index contributed by atoms with van der Waals surface area (Å²) in [5.74, 6) is 0.0288. The van der Waals surface area contributed by atoms with Gasteiger partial charge in [-0.3, -0.25) is 9.59 Å². The number of nitrogens with one attached hydrogen (secondary N) is 1. The fourth-order valence-electron chi connectivity index (χ4n) is 6.42. The molecule has 0 bridgehead atoms. The van der Waals surface area contributed by atoms with Crippen LogP contribution in [0.15, 0.2) is 12.3 Å². The predicted octanol–water partition coefficient (Wildman–Crippen LogP) is 4.13. The standard InChI is InChI=1S/C33H51N5O6/c1-21(2)18-38(31(40)29-28(35-25-15-27(16-25)42-6)14-23(17-34-29)22-7-8-22)26-13-24(30(39)36-9-11-43-12-10-36)19-37(20-26)32(41)44-33(3,4)5/h14,17,21-22,24-27,35H,7-13,15-16,18-20H2,1-6H3. The van der Waals surface area contributed by atoms with Gasteiger partial charge in [-0.25, -0.2) is 9.78 Å². The van der Waals surface area contributed by atoms with Gasteiger partial charge in [0.25, 0.3) is 5.91 Å². The van der Waals surface area contributed by atoms with E-state index in [-0.39, 0.29) is 42.5 Å². The number of hydrogen-bond donors (Lipinski definition) is 1. The van der Waals surface area contributed by atoms with Crippen LogP contribution in [0.1, 0.15) is 88.7 Å². The molecule has 4 aliphatic rings. The minimum Gasteiger partial charge on any atom is -0.444 e. The van der Waals surface area contributed by atoms with Crippen LogP contribution in [0.3, 0.4) is 0 Å². The zero-order chi connectivity index (χ0) is 31.6. The Balaban J connectivity index is 1.43. The molecule has 11 heteroatoms. The maximum atomic E-state index is 14.5. The molecule has 5 rings (SSSR count). The zero-order valence-electron chi connectivity index (χ0n) is 27.3. The number of anilines is 1. The Morgan fingerprint density at radius 3 is 2.41 bits per heavy atom. The highest BCUT2D eigenvalue weighted by atomic mass is 16.6. The Kier molecular flexibility index (Phi) is 10.0. The second kappa shape index (κ2) is 13.6. The third-order valence-electron chi connectivity index (χ3n) is 8.96. The van der Waals surface area contributed by atoms with Crippen LogP contribution in [-0.4, -0.2) is 114 Å². The van der Waals surface area contributed by atoms with E-state index in [9.17, 15) is 14.4 Å². The Bertz CT molecular complexity index is 1190. The fourth-order valence-corrected chi connectivity index (χ4v) is 6.42. The molecule has 3 amide bonds. The van der Waals surface area contributed by atoms with E-state index >= 15 is 0 Å². The molecule has 44 heavy (non-hydrogen) atoms. The molecule has 0 radical (unpaired) electrons. The number of rotatable bonds is 9. The van der Waals surface area contributed by atoms with Crippen molar-refractivity contribution in [2.75, 3.05) is 58.4 Å². The molecular weight excluding hydrogens is 562 g/mol. The van der Waals surface area contributed by atoms with Crippen LogP contribution >= 0.6 is 0 Å². The summed E-state index contributed by atoms with van der Waals surface area (Å²) >= 11 is 0. The highest BCUT2D eigenvalue weighted by Crippen LogP contribution is 2.41. The number of ether oxygens (including phenoxy) is 3. The van der Waals surface area contributed by atoms with Crippen molar-refractivity contribution in [2.24, 2.45) is 11.8 Å². The molecule has 4 fully saturated rings. The maximum Gasteiger partial charge on any atom is 0.410 e. The van der Waals surface area contributed by atoms with Crippen molar-refractivity contribution in [3.63, 3.8) is 0 Å². The highest BCUT2D eigenvalue weighted by Gasteiger charge is 2.42. The number of nitrogens with zero attached hydrogens (tertiary/aromatic N) is 4. The quantitative estimate of drug-likeness (QED) is 0.443. The molecule has 2 saturated carbocycles. The number of aromatic nitrogens is 1. The summed E-state index contributed by atoms with van der Waals surface area (Å²) in [5, 5.41) is 3.60. The molecular formula is C33H51N5O6. The molecule has 2 aliphatic carbocycles. The predicted molar refractivity (Wildman–Crippen MR) is 167 cm³/mol. The van der Waals surface area contributed by atoms with Crippen molar-refractivity contribution < 1.29 is 28.6 Å². The number of methoxy groups -OCH3 is 1. The zero-order valence-corrected chi connectivity index (χ0v) is 27.3. The Morgan fingerprint density at radius 2 is 1.80 bits per heavy atom. The lowest BCUT2D eigenvalue weighted by molar-refractivity contribution is -0.142. The normalized spacial score (nSPS) is 25.8. The molecule has 1 aromatic heterocycles. The van der Waals surface area contributed by atoms with Gasteiger partial charge < -0.3 is 34.2 Å². The van der Waals surface area contributed by atoms with Gasteiger partial charge in [0, 0.05) is 52.1 Å². The van der Waals surface area contributed by atoms with Gasteiger partial charge in [-0.2, -0.15) is 0 Å². The van der Waals surface area contributed by atoms with E-state index in [1.807, 2.05) is 36.8 Å². The molecule has 1 N–H and O–H groups in total. The molecule has 2 unspecified atom stereocenters. The van der Waals surface area contributed by atoms with Gasteiger partial charge in [0.15, 0.2) is 5.69 Å². The molecule has 244 valence electrons. The van der Waals surface area contributed by atoms with Gasteiger partial charge in [-0.05, 0) is 76.3 Å². The van der Waals surface area contributed by atoms with Gasteiger partial charge >= 0.3 is 6.09 Å². The lowest BCUT2D eigenvalue weighted by atomic mass is 9.89. The number of carbonyl (C=O) groups is 3. The summed E-state index contributed by atoms with van der Waals surface area (Å²) in [5.41, 5.74) is 1.63. The van der Waals surface area contributed by atoms with Crippen LogP contribution in [0, 0.1) is 11.8 Å². The van der Waals surface area contributed by atoms with Gasteiger partial charge in [-0.15, -0.1) is 0 Å². The van der Waals surface area contributed by atoms with Crippen molar-refractivity contribution in [1.82, 2.24) is 19.7 Å². The van der Waals surface area contributed by atoms with E-state index in [0.717, 1.165) is 36.9 Å². The fraction of sp³-hybridized carbons (Fsp3) is 0.758. The summed E-state index contributed by atoms with van der Waals surface area (Å²) in [6.45, 7) is 12.7. The summed E-state index contributed by atoms with van der Waals surface area (Å²) in [6, 6.07) is 1.94. The molecule has 2 aliphatic heterocycles. The number of likely N-dealkylation sites (tertiary alicyclic amines) is 1. The second-order valence-corrected chi connectivity index (χ2v) is 14.4. The highest BCUT2D eigenvalue weighted by molar-refractivity contribution is 5.98. The van der Waals surface area contributed by atoms with Gasteiger partial charge in [-0.1, -0.05) is 13.8 Å². The van der Waals surface area contributed by atoms with Crippen LogP contribution in [0.2, 0.25) is 0 Å². The van der Waals surface area contributed by atoms with Crippen LogP contribution in [-0.2, 0) is 19.0 Å². The first-order valence-electron chi connectivity index (χ1n) is 16.4. The van der Waals surface area contributed by atoms with Crippen molar-refractivity contribution in [3.8, 4) is 0 Å². The third kappa shape index (κ3) is 8.02. The van der Waals surface area contributed by atoms with Crippen LogP contribution in [0.25, 0.3) is 0 Å². The van der Waals surface area contributed by atoms with E-state index in [1.54, 1.807) is 12.0 Å². The molecule has 2 saturated heterocycles. The lowest BCUT2D eigenvalue weighted by Crippen LogP contribution is -2.58. The third-order valence-corrected chi connectivity index (χ3v) is 8.96. The molecule has 2 atom stereocenters. The lowest BCUT2D eigenvalue weighted by Gasteiger charge is -2.44. The van der Waals surface area contributed by atoms with Crippen LogP contribution in [0.5, 0.6) is 0 Å². The minimum absolute atomic E-state index is 0.00421. The molecule has 0 spiro atoms. The van der Waals surface area contributed by atoms with Crippen LogP contribution in [0.4, 0.5) is 10.5 Å². The molecule has 3 heterocycles. The largest absolute Gasteiger partial charge is 0.444 e. The van der Waals surface area contributed by atoms with E-state index in [0.29, 0.717) is 57.4 Å². The van der Waals surface area contributed by atoms with Crippen molar-refractivity contribution in [3.05, 3.63) is 23.5 Å². The summed E-state index contributed by atoms with van der Waals surface area (Å²) in [4.78, 5) is 51.7. The maximum absolute atomic E-state index is 14.5. The number of carbonyl (C=O) groups excluding carboxylic acids is 3. The first kappa shape index (κ1) is 32.5. The van der Waals surface area contributed by atoms with Crippen molar-refractivity contribution in [2.45, 2.75) is 96.4 Å². The van der Waals surface area contributed by atoms with Crippen molar-refractivity contribution >= 4 is 23.6 Å². The topological polar surface area (TPSA) is 114 Å². The smallest absolute Gasteiger partial charge is 0.410 e. The molecule has 0 aromatic carbocycles. The average molecular weight is 614 g/mol. The van der Waals surface area contributed by atoms with E-state index in [1.165, 1.54) is 0 Å². The number of hydrogen-bond acceptors (Lipinski definition) is 8. The SMILES string of the molecule is COC1CC(Nc2cc(C3CC3)cnc2C(=O)N(CC(C)C)C2CC(C(=O)N3CCOCC3)CN(C(=O)OC(C)(C)C)C2)C1. The number of piperidine rings is 1. The number of amides is 3. The Morgan fingerprint density at radius 1 is 1.09 bits per heavy atom.